The summed E-state index contributed by atoms with van der Waals surface area (Å²) in [6.45, 7) is 3.97. The number of carbonyl (C=O) groups excluding carboxylic acids is 1. The van der Waals surface area contributed by atoms with Crippen LogP contribution in [0.4, 0.5) is 0 Å². The van der Waals surface area contributed by atoms with E-state index in [1.54, 1.807) is 0 Å². The van der Waals surface area contributed by atoms with Gasteiger partial charge in [0, 0.05) is 25.4 Å². The molecule has 1 N–H and O–H groups in total. The summed E-state index contributed by atoms with van der Waals surface area (Å²) in [5.74, 6) is 1.60. The van der Waals surface area contributed by atoms with E-state index in [-0.39, 0.29) is 11.8 Å². The number of benzene rings is 1. The minimum absolute atomic E-state index is 0.221. The van der Waals surface area contributed by atoms with Crippen LogP contribution in [-0.4, -0.2) is 22.0 Å². The Morgan fingerprint density at radius 1 is 1.16 bits per heavy atom. The molecule has 0 spiro atoms. The molecule has 1 aromatic heterocycles. The fourth-order valence-electron chi connectivity index (χ4n) is 3.40. The zero-order valence-corrected chi connectivity index (χ0v) is 15.5. The fraction of sp³-hybridized carbons (Fsp3) is 0.619. The van der Waals surface area contributed by atoms with Crippen molar-refractivity contribution in [3.05, 3.63) is 30.1 Å². The molecule has 0 aliphatic heterocycles. The van der Waals surface area contributed by atoms with E-state index in [2.05, 4.69) is 35.0 Å². The molecule has 4 nitrogen and oxygen atoms in total. The summed E-state index contributed by atoms with van der Waals surface area (Å²) < 4.78 is 2.36. The van der Waals surface area contributed by atoms with E-state index >= 15 is 0 Å². The van der Waals surface area contributed by atoms with E-state index in [1.165, 1.54) is 44.0 Å². The van der Waals surface area contributed by atoms with Gasteiger partial charge in [0.25, 0.3) is 0 Å². The molecule has 1 aliphatic carbocycles. The number of amides is 1. The van der Waals surface area contributed by atoms with Crippen LogP contribution < -0.4 is 5.32 Å². The van der Waals surface area contributed by atoms with Crippen LogP contribution >= 0.6 is 0 Å². The molecule has 3 rings (SSSR count). The van der Waals surface area contributed by atoms with E-state index in [1.807, 2.05) is 6.07 Å². The number of carbonyl (C=O) groups is 1. The number of nitrogens with zero attached hydrogens (tertiary/aromatic N) is 2. The average molecular weight is 341 g/mol. The van der Waals surface area contributed by atoms with E-state index in [9.17, 15) is 4.79 Å². The summed E-state index contributed by atoms with van der Waals surface area (Å²) >= 11 is 0. The molecule has 0 unspecified atom stereocenters. The van der Waals surface area contributed by atoms with Gasteiger partial charge in [-0.2, -0.15) is 0 Å². The minimum atomic E-state index is 0.221. The maximum atomic E-state index is 11.8. The number of unbranched alkanes of at least 4 members (excludes halogenated alkanes) is 5. The summed E-state index contributed by atoms with van der Waals surface area (Å²) in [5, 5.41) is 3.06. The Bertz CT molecular complexity index is 688. The molecule has 1 aliphatic rings. The van der Waals surface area contributed by atoms with Gasteiger partial charge in [-0.25, -0.2) is 4.98 Å². The lowest BCUT2D eigenvalue weighted by Gasteiger charge is -2.10. The molecule has 1 aromatic carbocycles. The smallest absolute Gasteiger partial charge is 0.223 e. The van der Waals surface area contributed by atoms with Crippen molar-refractivity contribution in [3.63, 3.8) is 0 Å². The Balaban J connectivity index is 1.57. The Morgan fingerprint density at radius 2 is 1.92 bits per heavy atom. The van der Waals surface area contributed by atoms with Gasteiger partial charge < -0.3 is 9.88 Å². The molecule has 0 bridgehead atoms. The number of para-hydroxylation sites is 2. The van der Waals surface area contributed by atoms with Crippen molar-refractivity contribution < 1.29 is 4.79 Å². The van der Waals surface area contributed by atoms with E-state index < -0.39 is 0 Å². The number of aromatic nitrogens is 2. The summed E-state index contributed by atoms with van der Waals surface area (Å²) in [5.41, 5.74) is 2.29. The molecule has 136 valence electrons. The lowest BCUT2D eigenvalue weighted by molar-refractivity contribution is -0.122. The standard InChI is InChI=1S/C21H31N3O/c1-2-3-4-5-6-9-16-24-19-11-8-7-10-18(19)23-20(24)14-15-22-21(25)17-12-13-17/h7-8,10-11,17H,2-6,9,12-16H2,1H3,(H,22,25). The van der Waals surface area contributed by atoms with Crippen LogP contribution in [0.3, 0.4) is 0 Å². The number of fused-ring (bicyclic) bond motifs is 1. The minimum Gasteiger partial charge on any atom is -0.355 e. The molecule has 0 saturated heterocycles. The molecule has 1 saturated carbocycles. The van der Waals surface area contributed by atoms with Gasteiger partial charge in [0.1, 0.15) is 5.82 Å². The van der Waals surface area contributed by atoms with Gasteiger partial charge >= 0.3 is 0 Å². The van der Waals surface area contributed by atoms with E-state index in [0.29, 0.717) is 6.54 Å². The van der Waals surface area contributed by atoms with Crippen LogP contribution in [0.25, 0.3) is 11.0 Å². The van der Waals surface area contributed by atoms with Gasteiger partial charge in [-0.15, -0.1) is 0 Å². The van der Waals surface area contributed by atoms with Crippen molar-refractivity contribution in [1.29, 1.82) is 0 Å². The van der Waals surface area contributed by atoms with Crippen molar-refractivity contribution in [2.75, 3.05) is 6.54 Å². The van der Waals surface area contributed by atoms with Crippen molar-refractivity contribution in [1.82, 2.24) is 14.9 Å². The Labute approximate surface area is 151 Å². The maximum Gasteiger partial charge on any atom is 0.223 e. The third kappa shape index (κ3) is 5.07. The van der Waals surface area contributed by atoms with Gasteiger partial charge in [0.2, 0.25) is 5.91 Å². The number of hydrogen-bond donors (Lipinski definition) is 1. The molecule has 1 heterocycles. The Morgan fingerprint density at radius 3 is 2.72 bits per heavy atom. The lowest BCUT2D eigenvalue weighted by Crippen LogP contribution is -2.27. The summed E-state index contributed by atoms with van der Waals surface area (Å²) in [7, 11) is 0. The fourth-order valence-corrected chi connectivity index (χ4v) is 3.40. The van der Waals surface area contributed by atoms with Gasteiger partial charge in [0.05, 0.1) is 11.0 Å². The van der Waals surface area contributed by atoms with Gasteiger partial charge in [-0.05, 0) is 31.4 Å². The summed E-state index contributed by atoms with van der Waals surface area (Å²) in [6, 6.07) is 8.37. The van der Waals surface area contributed by atoms with Crippen LogP contribution in [0.15, 0.2) is 24.3 Å². The molecular weight excluding hydrogens is 310 g/mol. The first-order chi connectivity index (χ1) is 12.3. The van der Waals surface area contributed by atoms with Gasteiger partial charge in [-0.3, -0.25) is 4.79 Å². The number of imidazole rings is 1. The van der Waals surface area contributed by atoms with Gasteiger partial charge in [-0.1, -0.05) is 51.2 Å². The highest BCUT2D eigenvalue weighted by molar-refractivity contribution is 5.80. The van der Waals surface area contributed by atoms with Crippen molar-refractivity contribution in [3.8, 4) is 0 Å². The first-order valence-corrected chi connectivity index (χ1v) is 10.0. The Hall–Kier alpha value is -1.84. The third-order valence-corrected chi connectivity index (χ3v) is 5.06. The second-order valence-corrected chi connectivity index (χ2v) is 7.25. The zero-order chi connectivity index (χ0) is 17.5. The summed E-state index contributed by atoms with van der Waals surface area (Å²) in [4.78, 5) is 16.6. The SMILES string of the molecule is CCCCCCCCn1c(CCNC(=O)C2CC2)nc2ccccc21. The Kier molecular flexibility index (Phi) is 6.48. The molecule has 1 fully saturated rings. The number of rotatable bonds is 11. The molecular formula is C21H31N3O. The molecule has 2 aromatic rings. The summed E-state index contributed by atoms with van der Waals surface area (Å²) in [6.07, 6.45) is 10.7. The first-order valence-electron chi connectivity index (χ1n) is 10.0. The first kappa shape index (κ1) is 18.0. The lowest BCUT2D eigenvalue weighted by atomic mass is 10.1. The van der Waals surface area contributed by atoms with Crippen LogP contribution in [0, 0.1) is 5.92 Å². The highest BCUT2D eigenvalue weighted by Crippen LogP contribution is 2.28. The van der Waals surface area contributed by atoms with Crippen LogP contribution in [-0.2, 0) is 17.8 Å². The second-order valence-electron chi connectivity index (χ2n) is 7.25. The number of hydrogen-bond acceptors (Lipinski definition) is 2. The van der Waals surface area contributed by atoms with Crippen LogP contribution in [0.1, 0.15) is 64.1 Å². The molecule has 4 heteroatoms. The largest absolute Gasteiger partial charge is 0.355 e. The number of nitrogens with one attached hydrogen (secondary N) is 1. The third-order valence-electron chi connectivity index (χ3n) is 5.06. The predicted molar refractivity (Wildman–Crippen MR) is 103 cm³/mol. The molecule has 25 heavy (non-hydrogen) atoms. The number of aryl methyl sites for hydroxylation is 1. The normalized spacial score (nSPS) is 14.1. The van der Waals surface area contributed by atoms with Crippen molar-refractivity contribution >= 4 is 16.9 Å². The maximum absolute atomic E-state index is 11.8. The zero-order valence-electron chi connectivity index (χ0n) is 15.5. The van der Waals surface area contributed by atoms with Crippen molar-refractivity contribution in [2.24, 2.45) is 5.92 Å². The van der Waals surface area contributed by atoms with Gasteiger partial charge in [0.15, 0.2) is 0 Å². The molecule has 1 amide bonds. The highest BCUT2D eigenvalue weighted by atomic mass is 16.2. The molecule has 0 atom stereocenters. The topological polar surface area (TPSA) is 46.9 Å². The highest BCUT2D eigenvalue weighted by Gasteiger charge is 2.29. The quantitative estimate of drug-likeness (QED) is 0.613. The van der Waals surface area contributed by atoms with Crippen molar-refractivity contribution in [2.45, 2.75) is 71.3 Å². The van der Waals surface area contributed by atoms with E-state index in [0.717, 1.165) is 37.1 Å². The average Bonchev–Trinajstić information content (AvgIpc) is 3.41. The molecule has 0 radical (unpaired) electrons. The predicted octanol–water partition coefficient (Wildman–Crippen LogP) is 4.47. The second kappa shape index (κ2) is 9.02. The monoisotopic (exact) mass is 341 g/mol. The van der Waals surface area contributed by atoms with E-state index in [4.69, 9.17) is 4.98 Å². The van der Waals surface area contributed by atoms with Crippen LogP contribution in [0.2, 0.25) is 0 Å². The van der Waals surface area contributed by atoms with Crippen LogP contribution in [0.5, 0.6) is 0 Å².